The fraction of sp³-hybridized carbons (Fsp3) is 0.500. The Morgan fingerprint density at radius 3 is 2.71 bits per heavy atom. The highest BCUT2D eigenvalue weighted by atomic mass is 16.3. The van der Waals surface area contributed by atoms with E-state index in [1.807, 2.05) is 37.4 Å². The molecule has 0 saturated carbocycles. The Kier molecular flexibility index (Phi) is 6.38. The zero-order chi connectivity index (χ0) is 20.3. The van der Waals surface area contributed by atoms with Gasteiger partial charge >= 0.3 is 0 Å². The van der Waals surface area contributed by atoms with E-state index in [1.54, 1.807) is 0 Å². The summed E-state index contributed by atoms with van der Waals surface area (Å²) in [4.78, 5) is 17.6. The lowest BCUT2D eigenvalue weighted by Crippen LogP contribution is -2.44. The Hall–Kier alpha value is -2.36. The van der Waals surface area contributed by atoms with Crippen LogP contribution in [-0.2, 0) is 11.2 Å². The first kappa shape index (κ1) is 20.4. The van der Waals surface area contributed by atoms with Gasteiger partial charge in [0, 0.05) is 17.5 Å². The Labute approximate surface area is 168 Å². The third-order valence-electron chi connectivity index (χ3n) is 5.33. The number of carbonyl (C=O) groups excluding carboxylic acids is 1. The summed E-state index contributed by atoms with van der Waals surface area (Å²) in [6.45, 7) is 10.6. The number of aliphatic imine (C=N–C) groups is 1. The number of carbonyl (C=O) groups is 1. The fourth-order valence-electron chi connectivity index (χ4n) is 3.92. The molecule has 4 heteroatoms. The molecule has 1 aromatic heterocycles. The molecule has 1 aromatic carbocycles. The predicted octanol–water partition coefficient (Wildman–Crippen LogP) is 5.24. The molecule has 4 nitrogen and oxygen atoms in total. The number of nitrogens with one attached hydrogen (secondary N) is 1. The van der Waals surface area contributed by atoms with Gasteiger partial charge in [0.2, 0.25) is 5.91 Å². The maximum atomic E-state index is 12.8. The number of dihydropyridines is 1. The van der Waals surface area contributed by atoms with E-state index in [0.717, 1.165) is 35.1 Å². The first-order chi connectivity index (χ1) is 13.3. The molecule has 0 bridgehead atoms. The van der Waals surface area contributed by atoms with Gasteiger partial charge in [0.1, 0.15) is 11.3 Å². The van der Waals surface area contributed by atoms with Gasteiger partial charge in [-0.2, -0.15) is 0 Å². The maximum absolute atomic E-state index is 12.8. The molecule has 0 saturated heterocycles. The summed E-state index contributed by atoms with van der Waals surface area (Å²) in [6.07, 6.45) is 6.63. The number of nitrogens with zero attached hydrogens (tertiary/aromatic N) is 1. The van der Waals surface area contributed by atoms with Crippen molar-refractivity contribution in [3.05, 3.63) is 47.2 Å². The summed E-state index contributed by atoms with van der Waals surface area (Å²) in [5.41, 5.74) is 3.11. The van der Waals surface area contributed by atoms with Crippen molar-refractivity contribution in [2.75, 3.05) is 0 Å². The van der Waals surface area contributed by atoms with E-state index in [4.69, 9.17) is 9.41 Å². The molecule has 28 heavy (non-hydrogen) atoms. The van der Waals surface area contributed by atoms with Gasteiger partial charge in [-0.05, 0) is 56.4 Å². The number of furan rings is 1. The molecular weight excluding hydrogens is 348 g/mol. The average molecular weight is 381 g/mol. The molecule has 1 aliphatic heterocycles. The monoisotopic (exact) mass is 380 g/mol. The quantitative estimate of drug-likeness (QED) is 0.668. The molecule has 3 rings (SSSR count). The first-order valence-electron chi connectivity index (χ1n) is 10.3. The highest BCUT2D eigenvalue weighted by molar-refractivity contribution is 5.83. The Balaban J connectivity index is 1.70. The van der Waals surface area contributed by atoms with Gasteiger partial charge in [0.15, 0.2) is 0 Å². The number of amides is 1. The van der Waals surface area contributed by atoms with Gasteiger partial charge in [-0.25, -0.2) is 0 Å². The smallest absolute Gasteiger partial charge is 0.224 e. The minimum Gasteiger partial charge on any atom is -0.461 e. The van der Waals surface area contributed by atoms with E-state index in [0.29, 0.717) is 18.3 Å². The van der Waals surface area contributed by atoms with Crippen LogP contribution < -0.4 is 5.32 Å². The second kappa shape index (κ2) is 8.76. The molecule has 0 fully saturated rings. The van der Waals surface area contributed by atoms with E-state index in [1.165, 1.54) is 5.57 Å². The van der Waals surface area contributed by atoms with Gasteiger partial charge in [-0.3, -0.25) is 9.79 Å². The highest BCUT2D eigenvalue weighted by Crippen LogP contribution is 2.23. The van der Waals surface area contributed by atoms with Crippen LogP contribution in [0, 0.1) is 18.8 Å². The molecule has 1 amide bonds. The largest absolute Gasteiger partial charge is 0.461 e. The van der Waals surface area contributed by atoms with Gasteiger partial charge < -0.3 is 9.73 Å². The van der Waals surface area contributed by atoms with Crippen LogP contribution >= 0.6 is 0 Å². The lowest BCUT2D eigenvalue weighted by molar-refractivity contribution is -0.121. The summed E-state index contributed by atoms with van der Waals surface area (Å²) in [5.74, 6) is 1.90. The predicted molar refractivity (Wildman–Crippen MR) is 116 cm³/mol. The van der Waals surface area contributed by atoms with Crippen molar-refractivity contribution in [1.82, 2.24) is 5.32 Å². The first-order valence-corrected chi connectivity index (χ1v) is 10.3. The van der Waals surface area contributed by atoms with Crippen molar-refractivity contribution in [2.45, 2.75) is 66.0 Å². The summed E-state index contributed by atoms with van der Waals surface area (Å²) in [5, 5.41) is 4.32. The van der Waals surface area contributed by atoms with Crippen LogP contribution in [0.25, 0.3) is 11.0 Å². The zero-order valence-electron chi connectivity index (χ0n) is 17.7. The van der Waals surface area contributed by atoms with Crippen molar-refractivity contribution in [3.63, 3.8) is 0 Å². The van der Waals surface area contributed by atoms with Gasteiger partial charge in [0.25, 0.3) is 0 Å². The van der Waals surface area contributed by atoms with Crippen LogP contribution in [0.4, 0.5) is 0 Å². The van der Waals surface area contributed by atoms with Gasteiger partial charge in [0.05, 0.1) is 18.5 Å². The topological polar surface area (TPSA) is 54.6 Å². The van der Waals surface area contributed by atoms with E-state index in [-0.39, 0.29) is 18.0 Å². The maximum Gasteiger partial charge on any atom is 0.224 e. The van der Waals surface area contributed by atoms with Crippen molar-refractivity contribution in [3.8, 4) is 0 Å². The third-order valence-corrected chi connectivity index (χ3v) is 5.33. The van der Waals surface area contributed by atoms with Crippen molar-refractivity contribution in [1.29, 1.82) is 0 Å². The molecule has 0 aliphatic carbocycles. The van der Waals surface area contributed by atoms with Crippen LogP contribution in [-0.4, -0.2) is 24.2 Å². The second-order valence-corrected chi connectivity index (χ2v) is 8.56. The number of allylic oxidation sites excluding steroid dienone is 1. The van der Waals surface area contributed by atoms with Crippen LogP contribution in [0.15, 0.2) is 45.3 Å². The zero-order valence-corrected chi connectivity index (χ0v) is 17.7. The molecule has 1 aliphatic rings. The lowest BCUT2D eigenvalue weighted by atomic mass is 9.90. The molecular formula is C24H32N2O2. The minimum atomic E-state index is 0.0369. The summed E-state index contributed by atoms with van der Waals surface area (Å²) in [6, 6.07) is 8.04. The number of aryl methyl sites for hydroxylation is 1. The van der Waals surface area contributed by atoms with Crippen LogP contribution in [0.3, 0.4) is 0 Å². The molecule has 2 aromatic rings. The molecule has 150 valence electrons. The average Bonchev–Trinajstić information content (AvgIpc) is 2.98. The van der Waals surface area contributed by atoms with E-state index in [9.17, 15) is 4.79 Å². The molecule has 1 N–H and O–H groups in total. The Morgan fingerprint density at radius 2 is 2.00 bits per heavy atom. The molecule has 0 radical (unpaired) electrons. The summed E-state index contributed by atoms with van der Waals surface area (Å²) < 4.78 is 5.62. The van der Waals surface area contributed by atoms with Crippen LogP contribution in [0.1, 0.15) is 51.9 Å². The third kappa shape index (κ3) is 5.12. The second-order valence-electron chi connectivity index (χ2n) is 8.56. The van der Waals surface area contributed by atoms with Gasteiger partial charge in [-0.15, -0.1) is 0 Å². The normalized spacial score (nSPS) is 20.4. The van der Waals surface area contributed by atoms with Crippen molar-refractivity contribution >= 4 is 23.1 Å². The molecule has 2 heterocycles. The fourth-order valence-corrected chi connectivity index (χ4v) is 3.92. The van der Waals surface area contributed by atoms with Crippen molar-refractivity contribution < 1.29 is 9.21 Å². The van der Waals surface area contributed by atoms with Crippen molar-refractivity contribution in [2.24, 2.45) is 16.8 Å². The summed E-state index contributed by atoms with van der Waals surface area (Å²) in [7, 11) is 0. The summed E-state index contributed by atoms with van der Waals surface area (Å²) >= 11 is 0. The van der Waals surface area contributed by atoms with Crippen LogP contribution in [0.5, 0.6) is 0 Å². The number of benzene rings is 1. The number of hydrogen-bond acceptors (Lipinski definition) is 3. The Bertz CT molecular complexity index is 891. The molecule has 3 atom stereocenters. The molecule has 3 unspecified atom stereocenters. The number of hydrogen-bond donors (Lipinski definition) is 1. The van der Waals surface area contributed by atoms with E-state index < -0.39 is 0 Å². The van der Waals surface area contributed by atoms with Gasteiger partial charge in [-0.1, -0.05) is 38.5 Å². The van der Waals surface area contributed by atoms with E-state index >= 15 is 0 Å². The standard InChI is InChI=1S/C24H32N2O2/c1-15(2)6-8-21(24-17(4)10-16(3)14-25-24)26-23(27)13-19-7-9-22-20(12-19)11-18(5)28-22/h7,9-12,14-16,21,24H,6,8,13H2,1-5H3,(H,26,27). The lowest BCUT2D eigenvalue weighted by Gasteiger charge is -2.29. The SMILES string of the molecule is CC1=CC(C)C=NC1C(CCC(C)C)NC(=O)Cc1ccc2oc(C)cc2c1. The Morgan fingerprint density at radius 1 is 1.21 bits per heavy atom. The number of fused-ring (bicyclic) bond motifs is 1. The van der Waals surface area contributed by atoms with Crippen LogP contribution in [0.2, 0.25) is 0 Å². The minimum absolute atomic E-state index is 0.0369. The van der Waals surface area contributed by atoms with E-state index in [2.05, 4.69) is 39.1 Å². The molecule has 0 spiro atoms. The number of rotatable bonds is 7. The highest BCUT2D eigenvalue weighted by Gasteiger charge is 2.26.